The van der Waals surface area contributed by atoms with Gasteiger partial charge in [0, 0.05) is 24.6 Å². The molecule has 2 amide bonds. The van der Waals surface area contributed by atoms with Crippen LogP contribution in [0, 0.1) is 17.7 Å². The van der Waals surface area contributed by atoms with Crippen molar-refractivity contribution in [2.75, 3.05) is 11.9 Å². The number of nitrogens with zero attached hydrogens (tertiary/aromatic N) is 1. The zero-order valence-corrected chi connectivity index (χ0v) is 15.3. The number of nitrogens with one attached hydrogen (secondary N) is 1. The lowest BCUT2D eigenvalue weighted by atomic mass is 9.90. The summed E-state index contributed by atoms with van der Waals surface area (Å²) in [5.41, 5.74) is 0.171. The molecule has 0 aliphatic carbocycles. The number of aliphatic carboxylic acids is 1. The number of amides is 2. The van der Waals surface area contributed by atoms with Crippen LogP contribution in [0.15, 0.2) is 18.2 Å². The molecule has 0 radical (unpaired) electrons. The summed E-state index contributed by atoms with van der Waals surface area (Å²) in [5, 5.41) is 11.8. The number of carbonyl (C=O) groups is 3. The molecule has 1 aromatic carbocycles. The van der Waals surface area contributed by atoms with E-state index in [0.717, 1.165) is 6.07 Å². The Morgan fingerprint density at radius 2 is 2.04 bits per heavy atom. The average molecular weight is 364 g/mol. The highest BCUT2D eigenvalue weighted by atomic mass is 19.1. The third-order valence-corrected chi connectivity index (χ3v) is 4.65. The first-order valence-electron chi connectivity index (χ1n) is 8.84. The number of carboxylic acid groups (broad SMARTS) is 1. The van der Waals surface area contributed by atoms with E-state index in [4.69, 9.17) is 0 Å². The molecule has 1 aliphatic heterocycles. The topological polar surface area (TPSA) is 86.7 Å². The van der Waals surface area contributed by atoms with Crippen molar-refractivity contribution in [1.82, 2.24) is 4.90 Å². The molecule has 1 fully saturated rings. The van der Waals surface area contributed by atoms with E-state index >= 15 is 0 Å². The minimum Gasteiger partial charge on any atom is -0.481 e. The van der Waals surface area contributed by atoms with E-state index in [1.165, 1.54) is 17.0 Å². The molecule has 0 spiro atoms. The summed E-state index contributed by atoms with van der Waals surface area (Å²) in [6, 6.07) is 3.45. The summed E-state index contributed by atoms with van der Waals surface area (Å²) in [6.07, 6.45) is 1.40. The van der Waals surface area contributed by atoms with Gasteiger partial charge in [-0.2, -0.15) is 0 Å². The molecule has 0 bridgehead atoms. The van der Waals surface area contributed by atoms with E-state index in [2.05, 4.69) is 5.32 Å². The Morgan fingerprint density at radius 1 is 1.35 bits per heavy atom. The number of hydrogen-bond donors (Lipinski definition) is 2. The van der Waals surface area contributed by atoms with Crippen LogP contribution in [0.3, 0.4) is 0 Å². The van der Waals surface area contributed by atoms with Crippen LogP contribution in [0.5, 0.6) is 0 Å². The molecule has 1 saturated heterocycles. The summed E-state index contributed by atoms with van der Waals surface area (Å²) in [6.45, 7) is 5.93. The monoisotopic (exact) mass is 364 g/mol. The van der Waals surface area contributed by atoms with Crippen molar-refractivity contribution in [3.63, 3.8) is 0 Å². The van der Waals surface area contributed by atoms with E-state index < -0.39 is 29.7 Å². The number of halogens is 1. The maximum atomic E-state index is 14.3. The Balaban J connectivity index is 2.13. The number of benzene rings is 1. The number of piperidine rings is 1. The molecule has 2 atom stereocenters. The Hall–Kier alpha value is -2.44. The highest BCUT2D eigenvalue weighted by Gasteiger charge is 2.35. The standard InChI is InChI=1S/C19H25FN2O4/c1-11(2)9-17(23)21-16-7-6-13(10-15(16)20)18(24)22-8-4-5-14(12(22)3)19(25)26/h6-7,10-12,14H,4-5,8-9H2,1-3H3,(H,21,23)(H,25,26)/t12-,14-/m0/s1. The van der Waals surface area contributed by atoms with Crippen molar-refractivity contribution < 1.29 is 23.9 Å². The zero-order valence-electron chi connectivity index (χ0n) is 15.3. The lowest BCUT2D eigenvalue weighted by molar-refractivity contribution is -0.145. The SMILES string of the molecule is CC(C)CC(=O)Nc1ccc(C(=O)N2CCC[C@H](C(=O)O)[C@@H]2C)cc1F. The van der Waals surface area contributed by atoms with Crippen LogP contribution in [0.2, 0.25) is 0 Å². The molecule has 2 N–H and O–H groups in total. The van der Waals surface area contributed by atoms with Gasteiger partial charge in [0.1, 0.15) is 5.82 Å². The van der Waals surface area contributed by atoms with Gasteiger partial charge in [0.25, 0.3) is 5.91 Å². The van der Waals surface area contributed by atoms with Crippen molar-refractivity contribution >= 4 is 23.5 Å². The summed E-state index contributed by atoms with van der Waals surface area (Å²) in [4.78, 5) is 37.3. The second-order valence-corrected chi connectivity index (χ2v) is 7.17. The van der Waals surface area contributed by atoms with Crippen molar-refractivity contribution in [3.8, 4) is 0 Å². The van der Waals surface area contributed by atoms with Crippen LogP contribution < -0.4 is 5.32 Å². The molecule has 26 heavy (non-hydrogen) atoms. The summed E-state index contributed by atoms with van der Waals surface area (Å²) < 4.78 is 14.3. The summed E-state index contributed by atoms with van der Waals surface area (Å²) >= 11 is 0. The van der Waals surface area contributed by atoms with E-state index in [1.54, 1.807) is 6.92 Å². The highest BCUT2D eigenvalue weighted by Crippen LogP contribution is 2.26. The Morgan fingerprint density at radius 3 is 2.62 bits per heavy atom. The minimum absolute atomic E-state index is 0.0299. The largest absolute Gasteiger partial charge is 0.481 e. The summed E-state index contributed by atoms with van der Waals surface area (Å²) in [5.74, 6) is -2.76. The van der Waals surface area contributed by atoms with Gasteiger partial charge in [-0.15, -0.1) is 0 Å². The highest BCUT2D eigenvalue weighted by molar-refractivity contribution is 5.96. The molecule has 7 heteroatoms. The van der Waals surface area contributed by atoms with Gasteiger partial charge in [-0.25, -0.2) is 4.39 Å². The fourth-order valence-electron chi connectivity index (χ4n) is 3.25. The molecule has 1 aromatic rings. The first-order valence-corrected chi connectivity index (χ1v) is 8.84. The molecular formula is C19H25FN2O4. The van der Waals surface area contributed by atoms with Gasteiger partial charge in [0.15, 0.2) is 0 Å². The smallest absolute Gasteiger partial charge is 0.308 e. The van der Waals surface area contributed by atoms with Gasteiger partial charge < -0.3 is 15.3 Å². The molecule has 0 aromatic heterocycles. The van der Waals surface area contributed by atoms with Crippen LogP contribution in [-0.2, 0) is 9.59 Å². The number of carbonyl (C=O) groups excluding carboxylic acids is 2. The van der Waals surface area contributed by atoms with Crippen molar-refractivity contribution in [2.45, 2.75) is 46.1 Å². The van der Waals surface area contributed by atoms with Gasteiger partial charge in [-0.3, -0.25) is 14.4 Å². The van der Waals surface area contributed by atoms with Crippen molar-refractivity contribution in [1.29, 1.82) is 0 Å². The van der Waals surface area contributed by atoms with Crippen LogP contribution in [-0.4, -0.2) is 40.4 Å². The molecule has 1 heterocycles. The number of rotatable bonds is 5. The van der Waals surface area contributed by atoms with E-state index in [1.807, 2.05) is 13.8 Å². The number of anilines is 1. The van der Waals surface area contributed by atoms with Crippen LogP contribution in [0.1, 0.15) is 50.4 Å². The van der Waals surface area contributed by atoms with E-state index in [9.17, 15) is 23.9 Å². The third kappa shape index (κ3) is 4.59. The molecule has 6 nitrogen and oxygen atoms in total. The Bertz CT molecular complexity index is 705. The molecule has 0 unspecified atom stereocenters. The predicted octanol–water partition coefficient (Wildman–Crippen LogP) is 3.14. The lowest BCUT2D eigenvalue weighted by Gasteiger charge is -2.37. The second-order valence-electron chi connectivity index (χ2n) is 7.17. The molecular weight excluding hydrogens is 339 g/mol. The molecule has 2 rings (SSSR count). The van der Waals surface area contributed by atoms with Gasteiger partial charge in [-0.1, -0.05) is 13.8 Å². The lowest BCUT2D eigenvalue weighted by Crippen LogP contribution is -2.49. The van der Waals surface area contributed by atoms with Gasteiger partial charge in [0.2, 0.25) is 5.91 Å². The number of hydrogen-bond acceptors (Lipinski definition) is 3. The van der Waals surface area contributed by atoms with Crippen LogP contribution in [0.25, 0.3) is 0 Å². The van der Waals surface area contributed by atoms with E-state index in [0.29, 0.717) is 19.4 Å². The normalized spacial score (nSPS) is 20.1. The first kappa shape index (κ1) is 19.9. The fourth-order valence-corrected chi connectivity index (χ4v) is 3.25. The van der Waals surface area contributed by atoms with Crippen molar-refractivity contribution in [3.05, 3.63) is 29.6 Å². The fraction of sp³-hybridized carbons (Fsp3) is 0.526. The first-order chi connectivity index (χ1) is 12.2. The third-order valence-electron chi connectivity index (χ3n) is 4.65. The second kappa shape index (κ2) is 8.29. The maximum absolute atomic E-state index is 14.3. The van der Waals surface area contributed by atoms with Gasteiger partial charge in [-0.05, 0) is 43.9 Å². The quantitative estimate of drug-likeness (QED) is 0.840. The minimum atomic E-state index is -0.926. The van der Waals surface area contributed by atoms with E-state index in [-0.39, 0.29) is 29.5 Å². The Kier molecular flexibility index (Phi) is 6.34. The van der Waals surface area contributed by atoms with Crippen LogP contribution >= 0.6 is 0 Å². The Labute approximate surface area is 152 Å². The van der Waals surface area contributed by atoms with Gasteiger partial charge >= 0.3 is 5.97 Å². The van der Waals surface area contributed by atoms with Crippen LogP contribution in [0.4, 0.5) is 10.1 Å². The van der Waals surface area contributed by atoms with Crippen molar-refractivity contribution in [2.24, 2.45) is 11.8 Å². The molecule has 142 valence electrons. The number of likely N-dealkylation sites (tertiary alicyclic amines) is 1. The maximum Gasteiger partial charge on any atom is 0.308 e. The molecule has 0 saturated carbocycles. The van der Waals surface area contributed by atoms with Gasteiger partial charge in [0.05, 0.1) is 11.6 Å². The average Bonchev–Trinajstić information content (AvgIpc) is 2.55. The summed E-state index contributed by atoms with van der Waals surface area (Å²) in [7, 11) is 0. The molecule has 1 aliphatic rings. The zero-order chi connectivity index (χ0) is 19.4. The number of carboxylic acids is 1. The predicted molar refractivity (Wildman–Crippen MR) is 95.3 cm³/mol.